The Hall–Kier alpha value is -1.97. The second-order valence-electron chi connectivity index (χ2n) is 9.16. The maximum Gasteiger partial charge on any atom is 0.223 e. The number of nitrogens with one attached hydrogen (secondary N) is 1. The van der Waals surface area contributed by atoms with Crippen molar-refractivity contribution in [1.82, 2.24) is 10.3 Å². The number of aromatic nitrogens is 1. The van der Waals surface area contributed by atoms with Gasteiger partial charge in [-0.3, -0.25) is 9.78 Å². The van der Waals surface area contributed by atoms with E-state index in [1.807, 2.05) is 27.0 Å². The molecule has 0 saturated heterocycles. The van der Waals surface area contributed by atoms with Gasteiger partial charge in [-0.1, -0.05) is 0 Å². The minimum Gasteiger partial charge on any atom is -0.351 e. The first-order valence-corrected chi connectivity index (χ1v) is 9.66. The van der Waals surface area contributed by atoms with Crippen LogP contribution in [0.1, 0.15) is 57.9 Å². The molecular weight excluding hydrogens is 327 g/mol. The summed E-state index contributed by atoms with van der Waals surface area (Å²) in [5.74, 6) is 1.81. The van der Waals surface area contributed by atoms with Crippen molar-refractivity contribution in [3.8, 4) is 0 Å². The summed E-state index contributed by atoms with van der Waals surface area (Å²) >= 11 is 0. The first-order chi connectivity index (χ1) is 12.3. The van der Waals surface area contributed by atoms with E-state index >= 15 is 0 Å². The molecule has 1 heterocycles. The average Bonchev–Trinajstić information content (AvgIpc) is 3.11. The van der Waals surface area contributed by atoms with Gasteiger partial charge in [-0.2, -0.15) is 0 Å². The second kappa shape index (κ2) is 6.33. The molecule has 2 aliphatic carbocycles. The normalized spacial score (nSPS) is 28.3. The first-order valence-electron chi connectivity index (χ1n) is 9.66. The minimum atomic E-state index is -0.205. The zero-order valence-corrected chi connectivity index (χ0v) is 15.8. The molecule has 2 fully saturated rings. The molecule has 2 aliphatic rings. The Balaban J connectivity index is 1.49. The molecule has 0 radical (unpaired) electrons. The molecule has 1 N–H and O–H groups in total. The van der Waals surface area contributed by atoms with Crippen molar-refractivity contribution in [3.05, 3.63) is 41.8 Å². The molecule has 4 heteroatoms. The van der Waals surface area contributed by atoms with E-state index in [9.17, 15) is 9.18 Å². The quantitative estimate of drug-likeness (QED) is 0.841. The fourth-order valence-corrected chi connectivity index (χ4v) is 5.05. The van der Waals surface area contributed by atoms with Gasteiger partial charge < -0.3 is 5.32 Å². The summed E-state index contributed by atoms with van der Waals surface area (Å²) in [5.41, 5.74) is 1.92. The summed E-state index contributed by atoms with van der Waals surface area (Å²) in [5, 5.41) is 4.08. The lowest BCUT2D eigenvalue weighted by molar-refractivity contribution is -0.126. The van der Waals surface area contributed by atoms with E-state index in [1.54, 1.807) is 12.1 Å². The lowest BCUT2D eigenvalue weighted by Gasteiger charge is -2.23. The molecule has 26 heavy (non-hydrogen) atoms. The van der Waals surface area contributed by atoms with Crippen molar-refractivity contribution in [2.75, 3.05) is 0 Å². The Morgan fingerprint density at radius 2 is 1.81 bits per heavy atom. The third-order valence-corrected chi connectivity index (χ3v) is 6.06. The Kier molecular flexibility index (Phi) is 4.25. The van der Waals surface area contributed by atoms with Crippen LogP contribution in [-0.4, -0.2) is 16.4 Å². The zero-order valence-electron chi connectivity index (χ0n) is 15.8. The molecule has 1 amide bonds. The highest BCUT2D eigenvalue weighted by atomic mass is 19.1. The van der Waals surface area contributed by atoms with Crippen LogP contribution in [0.15, 0.2) is 30.5 Å². The van der Waals surface area contributed by atoms with E-state index in [-0.39, 0.29) is 23.2 Å². The monoisotopic (exact) mass is 354 g/mol. The largest absolute Gasteiger partial charge is 0.351 e. The predicted molar refractivity (Wildman–Crippen MR) is 101 cm³/mol. The molecule has 0 aliphatic heterocycles. The van der Waals surface area contributed by atoms with Gasteiger partial charge in [0.1, 0.15) is 5.82 Å². The number of pyridine rings is 1. The SMILES string of the molecule is CC(C)(C)NC(=O)[C@H]1C[C@@H]2C[C@H](c3ccnc4ccc(F)cc34)C[C@@H]2C1. The first kappa shape index (κ1) is 17.4. The van der Waals surface area contributed by atoms with Crippen LogP contribution in [0, 0.1) is 23.6 Å². The number of fused-ring (bicyclic) bond motifs is 2. The number of halogens is 1. The molecule has 1 aromatic heterocycles. The van der Waals surface area contributed by atoms with E-state index in [1.165, 1.54) is 11.6 Å². The highest BCUT2D eigenvalue weighted by Crippen LogP contribution is 2.53. The molecular formula is C22H27FN2O. The maximum absolute atomic E-state index is 13.7. The summed E-state index contributed by atoms with van der Waals surface area (Å²) in [7, 11) is 0. The number of nitrogens with zero attached hydrogens (tertiary/aromatic N) is 1. The van der Waals surface area contributed by atoms with Crippen LogP contribution in [0.4, 0.5) is 4.39 Å². The highest BCUT2D eigenvalue weighted by molar-refractivity contribution is 5.83. The summed E-state index contributed by atoms with van der Waals surface area (Å²) in [4.78, 5) is 16.9. The summed E-state index contributed by atoms with van der Waals surface area (Å²) in [6.07, 6.45) is 6.00. The van der Waals surface area contributed by atoms with E-state index in [2.05, 4.69) is 16.4 Å². The molecule has 4 rings (SSSR count). The number of rotatable bonds is 2. The number of amides is 1. The Morgan fingerprint density at radius 1 is 1.12 bits per heavy atom. The zero-order chi connectivity index (χ0) is 18.5. The van der Waals surface area contributed by atoms with Crippen LogP contribution in [0.5, 0.6) is 0 Å². The lowest BCUT2D eigenvalue weighted by Crippen LogP contribution is -2.43. The molecule has 0 spiro atoms. The number of hydrogen-bond acceptors (Lipinski definition) is 2. The van der Waals surface area contributed by atoms with Crippen molar-refractivity contribution in [1.29, 1.82) is 0 Å². The van der Waals surface area contributed by atoms with Gasteiger partial charge in [0.15, 0.2) is 0 Å². The topological polar surface area (TPSA) is 42.0 Å². The third kappa shape index (κ3) is 3.34. The minimum absolute atomic E-state index is 0.150. The molecule has 138 valence electrons. The van der Waals surface area contributed by atoms with Crippen LogP contribution in [-0.2, 0) is 4.79 Å². The summed E-state index contributed by atoms with van der Waals surface area (Å²) < 4.78 is 13.7. The number of hydrogen-bond donors (Lipinski definition) is 1. The van der Waals surface area contributed by atoms with Gasteiger partial charge in [-0.05, 0) is 94.0 Å². The van der Waals surface area contributed by atoms with Crippen molar-refractivity contribution in [2.45, 2.75) is 57.9 Å². The number of carbonyl (C=O) groups excluding carboxylic acids is 1. The van der Waals surface area contributed by atoms with Gasteiger partial charge in [0.05, 0.1) is 5.52 Å². The van der Waals surface area contributed by atoms with Crippen LogP contribution in [0.3, 0.4) is 0 Å². The fraction of sp³-hybridized carbons (Fsp3) is 0.545. The third-order valence-electron chi connectivity index (χ3n) is 6.06. The van der Waals surface area contributed by atoms with Crippen LogP contribution in [0.2, 0.25) is 0 Å². The van der Waals surface area contributed by atoms with Crippen LogP contribution >= 0.6 is 0 Å². The molecule has 3 nitrogen and oxygen atoms in total. The molecule has 0 bridgehead atoms. The number of carbonyl (C=O) groups is 1. The Labute approximate surface area is 154 Å². The maximum atomic E-state index is 13.7. The van der Waals surface area contributed by atoms with Crippen molar-refractivity contribution in [2.24, 2.45) is 17.8 Å². The molecule has 2 saturated carbocycles. The van der Waals surface area contributed by atoms with E-state index < -0.39 is 0 Å². The van der Waals surface area contributed by atoms with Gasteiger partial charge in [0.25, 0.3) is 0 Å². The van der Waals surface area contributed by atoms with Crippen LogP contribution < -0.4 is 5.32 Å². The molecule has 2 aromatic rings. The van der Waals surface area contributed by atoms with E-state index in [4.69, 9.17) is 0 Å². The van der Waals surface area contributed by atoms with Gasteiger partial charge in [-0.25, -0.2) is 4.39 Å². The highest BCUT2D eigenvalue weighted by Gasteiger charge is 2.44. The lowest BCUT2D eigenvalue weighted by atomic mass is 9.90. The Morgan fingerprint density at radius 3 is 2.46 bits per heavy atom. The standard InChI is InChI=1S/C22H27FN2O/c1-22(2,3)25-21(26)16-10-13-8-15(9-14(13)11-16)18-6-7-24-20-5-4-17(23)12-19(18)20/h4-7,12-16H,8-11H2,1-3H3,(H,25,26)/t13-,14+,15-,16-. The van der Waals surface area contributed by atoms with Crippen molar-refractivity contribution >= 4 is 16.8 Å². The fourth-order valence-electron chi connectivity index (χ4n) is 5.05. The summed E-state index contributed by atoms with van der Waals surface area (Å²) in [6.45, 7) is 6.10. The second-order valence-corrected chi connectivity index (χ2v) is 9.16. The van der Waals surface area contributed by atoms with Gasteiger partial charge in [0, 0.05) is 23.0 Å². The smallest absolute Gasteiger partial charge is 0.223 e. The molecule has 4 atom stereocenters. The Bertz CT molecular complexity index is 828. The summed E-state index contributed by atoms with van der Waals surface area (Å²) in [6, 6.07) is 6.90. The predicted octanol–water partition coefficient (Wildman–Crippen LogP) is 4.81. The van der Waals surface area contributed by atoms with Gasteiger partial charge >= 0.3 is 0 Å². The van der Waals surface area contributed by atoms with Crippen LogP contribution in [0.25, 0.3) is 10.9 Å². The van der Waals surface area contributed by atoms with Crippen molar-refractivity contribution < 1.29 is 9.18 Å². The van der Waals surface area contributed by atoms with E-state index in [0.29, 0.717) is 17.8 Å². The number of benzene rings is 1. The molecule has 0 unspecified atom stereocenters. The average molecular weight is 354 g/mol. The van der Waals surface area contributed by atoms with Crippen molar-refractivity contribution in [3.63, 3.8) is 0 Å². The van der Waals surface area contributed by atoms with Gasteiger partial charge in [-0.15, -0.1) is 0 Å². The molecule has 1 aromatic carbocycles. The van der Waals surface area contributed by atoms with E-state index in [0.717, 1.165) is 36.6 Å². The van der Waals surface area contributed by atoms with Gasteiger partial charge in [0.2, 0.25) is 5.91 Å².